The normalized spacial score (nSPS) is 10.6. The summed E-state index contributed by atoms with van der Waals surface area (Å²) in [6, 6.07) is 23.8. The number of amides is 1. The van der Waals surface area contributed by atoms with Gasteiger partial charge in [-0.15, -0.1) is 5.10 Å². The molecule has 1 aromatic heterocycles. The number of nitrogens with zero attached hydrogens (tertiary/aromatic N) is 3. The van der Waals surface area contributed by atoms with Gasteiger partial charge in [-0.25, -0.2) is 9.67 Å². The van der Waals surface area contributed by atoms with E-state index in [2.05, 4.69) is 15.4 Å². The Morgan fingerprint density at radius 2 is 1.76 bits per heavy atom. The fourth-order valence-corrected chi connectivity index (χ4v) is 3.02. The molecular weight excluding hydrogens is 388 g/mol. The lowest BCUT2D eigenvalue weighted by atomic mass is 10.2. The van der Waals surface area contributed by atoms with E-state index in [-0.39, 0.29) is 5.82 Å². The van der Waals surface area contributed by atoms with E-state index in [1.807, 2.05) is 54.6 Å². The second-order valence-electron chi connectivity index (χ2n) is 6.20. The van der Waals surface area contributed by atoms with Gasteiger partial charge in [-0.1, -0.05) is 35.9 Å². The molecule has 1 heterocycles. The molecule has 1 amide bonds. The van der Waals surface area contributed by atoms with Crippen LogP contribution in [0.5, 0.6) is 5.75 Å². The quantitative estimate of drug-likeness (QED) is 0.516. The molecule has 0 atom stereocenters. The lowest BCUT2D eigenvalue weighted by molar-refractivity contribution is 0.101. The van der Waals surface area contributed by atoms with Gasteiger partial charge in [0.1, 0.15) is 5.75 Å². The summed E-state index contributed by atoms with van der Waals surface area (Å²) in [5.41, 5.74) is 2.16. The van der Waals surface area contributed by atoms with Crippen LogP contribution in [0.15, 0.2) is 78.9 Å². The van der Waals surface area contributed by atoms with Gasteiger partial charge in [0.15, 0.2) is 5.82 Å². The van der Waals surface area contributed by atoms with Crippen LogP contribution in [0.4, 0.5) is 5.69 Å². The molecule has 0 spiro atoms. The van der Waals surface area contributed by atoms with Crippen LogP contribution in [0.25, 0.3) is 17.1 Å². The summed E-state index contributed by atoms with van der Waals surface area (Å²) in [7, 11) is 1.61. The number of benzene rings is 3. The molecule has 0 aliphatic rings. The second-order valence-corrected chi connectivity index (χ2v) is 6.64. The average Bonchev–Trinajstić information content (AvgIpc) is 3.20. The fourth-order valence-electron chi connectivity index (χ4n) is 2.83. The van der Waals surface area contributed by atoms with E-state index in [4.69, 9.17) is 16.3 Å². The molecule has 7 heteroatoms. The van der Waals surface area contributed by atoms with Crippen LogP contribution in [-0.4, -0.2) is 27.8 Å². The third-order valence-corrected chi connectivity index (χ3v) is 4.48. The minimum absolute atomic E-state index is 0.0552. The van der Waals surface area contributed by atoms with Crippen LogP contribution in [0.1, 0.15) is 10.6 Å². The molecule has 0 saturated carbocycles. The van der Waals surface area contributed by atoms with Crippen molar-refractivity contribution in [2.45, 2.75) is 0 Å². The number of aromatic nitrogens is 3. The lowest BCUT2D eigenvalue weighted by Crippen LogP contribution is -2.14. The van der Waals surface area contributed by atoms with Gasteiger partial charge in [0.25, 0.3) is 5.91 Å². The number of hydrogen-bond donors (Lipinski definition) is 1. The van der Waals surface area contributed by atoms with E-state index in [9.17, 15) is 4.79 Å². The summed E-state index contributed by atoms with van der Waals surface area (Å²) < 4.78 is 6.83. The summed E-state index contributed by atoms with van der Waals surface area (Å²) in [6.07, 6.45) is 0. The molecule has 0 aliphatic carbocycles. The van der Waals surface area contributed by atoms with E-state index in [0.717, 1.165) is 11.3 Å². The molecule has 0 fully saturated rings. The molecule has 0 bridgehead atoms. The van der Waals surface area contributed by atoms with E-state index >= 15 is 0 Å². The molecule has 144 valence electrons. The summed E-state index contributed by atoms with van der Waals surface area (Å²) in [6.45, 7) is 0. The molecule has 0 radical (unpaired) electrons. The van der Waals surface area contributed by atoms with Gasteiger partial charge < -0.3 is 10.1 Å². The highest BCUT2D eigenvalue weighted by Crippen LogP contribution is 2.25. The summed E-state index contributed by atoms with van der Waals surface area (Å²) in [5.74, 6) is 0.907. The zero-order valence-electron chi connectivity index (χ0n) is 15.5. The van der Waals surface area contributed by atoms with Crippen molar-refractivity contribution >= 4 is 23.2 Å². The van der Waals surface area contributed by atoms with E-state index in [1.54, 1.807) is 36.1 Å². The number of carbonyl (C=O) groups is 1. The minimum atomic E-state index is -0.397. The number of hydrogen-bond acceptors (Lipinski definition) is 4. The monoisotopic (exact) mass is 404 g/mol. The highest BCUT2D eigenvalue weighted by molar-refractivity contribution is 6.30. The third kappa shape index (κ3) is 4.12. The zero-order valence-corrected chi connectivity index (χ0v) is 16.3. The van der Waals surface area contributed by atoms with Gasteiger partial charge in [0.2, 0.25) is 5.82 Å². The van der Waals surface area contributed by atoms with Crippen molar-refractivity contribution in [1.29, 1.82) is 0 Å². The smallest absolute Gasteiger partial charge is 0.295 e. The molecule has 0 unspecified atom stereocenters. The number of para-hydroxylation sites is 1. The standard InChI is InChI=1S/C22H17ClN4O2/c1-29-19-12-10-15(11-13-19)21-25-20(22(28)24-17-7-3-2-4-8-17)26-27(21)18-9-5-6-16(23)14-18/h2-14H,1H3,(H,24,28). The minimum Gasteiger partial charge on any atom is -0.497 e. The average molecular weight is 405 g/mol. The lowest BCUT2D eigenvalue weighted by Gasteiger charge is -2.07. The molecule has 6 nitrogen and oxygen atoms in total. The Bertz CT molecular complexity index is 1140. The van der Waals surface area contributed by atoms with Crippen molar-refractivity contribution in [2.75, 3.05) is 12.4 Å². The predicted octanol–water partition coefficient (Wildman–Crippen LogP) is 4.85. The first-order valence-electron chi connectivity index (χ1n) is 8.88. The highest BCUT2D eigenvalue weighted by Gasteiger charge is 2.19. The van der Waals surface area contributed by atoms with Gasteiger partial charge in [-0.2, -0.15) is 0 Å². The Balaban J connectivity index is 1.76. The van der Waals surface area contributed by atoms with Crippen molar-refractivity contribution in [3.63, 3.8) is 0 Å². The number of rotatable bonds is 5. The largest absolute Gasteiger partial charge is 0.497 e. The Labute approximate surface area is 172 Å². The van der Waals surface area contributed by atoms with E-state index in [1.165, 1.54) is 0 Å². The first-order chi connectivity index (χ1) is 14.1. The number of ether oxygens (including phenoxy) is 1. The maximum Gasteiger partial charge on any atom is 0.295 e. The molecular formula is C22H17ClN4O2. The van der Waals surface area contributed by atoms with Gasteiger partial charge in [0.05, 0.1) is 12.8 Å². The number of carbonyl (C=O) groups excluding carboxylic acids is 1. The van der Waals surface area contributed by atoms with Crippen LogP contribution in [0.3, 0.4) is 0 Å². The molecule has 1 N–H and O–H groups in total. The maximum atomic E-state index is 12.7. The molecule has 4 aromatic rings. The molecule has 4 rings (SSSR count). The van der Waals surface area contributed by atoms with Crippen LogP contribution in [0, 0.1) is 0 Å². The van der Waals surface area contributed by atoms with E-state index in [0.29, 0.717) is 22.2 Å². The Hall–Kier alpha value is -3.64. The van der Waals surface area contributed by atoms with Crippen LogP contribution < -0.4 is 10.1 Å². The molecule has 0 aliphatic heterocycles. The number of nitrogens with one attached hydrogen (secondary N) is 1. The topological polar surface area (TPSA) is 69.0 Å². The summed E-state index contributed by atoms with van der Waals surface area (Å²) >= 11 is 6.15. The maximum absolute atomic E-state index is 12.7. The molecule has 0 saturated heterocycles. The Kier molecular flexibility index (Phi) is 5.27. The first-order valence-corrected chi connectivity index (χ1v) is 9.25. The number of methoxy groups -OCH3 is 1. The second kappa shape index (κ2) is 8.16. The summed E-state index contributed by atoms with van der Waals surface area (Å²) in [4.78, 5) is 17.2. The number of anilines is 1. The van der Waals surface area contributed by atoms with Crippen molar-refractivity contribution in [3.8, 4) is 22.8 Å². The number of halogens is 1. The Morgan fingerprint density at radius 3 is 2.45 bits per heavy atom. The van der Waals surface area contributed by atoms with Crippen molar-refractivity contribution in [3.05, 3.63) is 89.7 Å². The zero-order chi connectivity index (χ0) is 20.2. The molecule has 3 aromatic carbocycles. The van der Waals surface area contributed by atoms with Crippen LogP contribution in [0.2, 0.25) is 5.02 Å². The molecule has 29 heavy (non-hydrogen) atoms. The van der Waals surface area contributed by atoms with Gasteiger partial charge in [-0.3, -0.25) is 4.79 Å². The van der Waals surface area contributed by atoms with Crippen molar-refractivity contribution in [2.24, 2.45) is 0 Å². The van der Waals surface area contributed by atoms with Crippen molar-refractivity contribution < 1.29 is 9.53 Å². The first kappa shape index (κ1) is 18.7. The van der Waals surface area contributed by atoms with Crippen molar-refractivity contribution in [1.82, 2.24) is 14.8 Å². The predicted molar refractivity (Wildman–Crippen MR) is 113 cm³/mol. The van der Waals surface area contributed by atoms with E-state index < -0.39 is 5.91 Å². The van der Waals surface area contributed by atoms with Gasteiger partial charge in [-0.05, 0) is 54.6 Å². The van der Waals surface area contributed by atoms with Gasteiger partial charge in [0, 0.05) is 16.3 Å². The van der Waals surface area contributed by atoms with Crippen LogP contribution >= 0.6 is 11.6 Å². The highest BCUT2D eigenvalue weighted by atomic mass is 35.5. The summed E-state index contributed by atoms with van der Waals surface area (Å²) in [5, 5.41) is 7.81. The van der Waals surface area contributed by atoms with Crippen LogP contribution in [-0.2, 0) is 0 Å². The fraction of sp³-hybridized carbons (Fsp3) is 0.0455. The SMILES string of the molecule is COc1ccc(-c2nc(C(=O)Nc3ccccc3)nn2-c2cccc(Cl)c2)cc1. The third-order valence-electron chi connectivity index (χ3n) is 4.24. The van der Waals surface area contributed by atoms with Gasteiger partial charge >= 0.3 is 0 Å². The Morgan fingerprint density at radius 1 is 1.00 bits per heavy atom.